The van der Waals surface area contributed by atoms with Gasteiger partial charge in [0.05, 0.1) is 64.7 Å². The summed E-state index contributed by atoms with van der Waals surface area (Å²) in [4.78, 5) is 0. The Hall–Kier alpha value is 0.0900. The Kier molecular flexibility index (Phi) is 13.2. The van der Waals surface area contributed by atoms with Gasteiger partial charge >= 0.3 is 0 Å². The van der Waals surface area contributed by atoms with E-state index in [2.05, 4.69) is 4.29 Å². The predicted octanol–water partition coefficient (Wildman–Crippen LogP) is 0.199. The van der Waals surface area contributed by atoms with Gasteiger partial charge in [-0.25, -0.2) is 0 Å². The Morgan fingerprint density at radius 1 is 0.714 bits per heavy atom. The summed E-state index contributed by atoms with van der Waals surface area (Å²) in [6, 6.07) is 0. The predicted molar refractivity (Wildman–Crippen MR) is 51.3 cm³/mol. The molecule has 0 heterocycles. The molecule has 0 aliphatic heterocycles. The highest BCUT2D eigenvalue weighted by atomic mass is 35.5. The molecule has 0 bridgehead atoms. The summed E-state index contributed by atoms with van der Waals surface area (Å²) in [6.45, 7) is 3.27. The molecular weight excluding hydrogens is 212 g/mol. The smallest absolute Gasteiger partial charge is 0.0916 e. The maximum atomic E-state index is 8.38. The van der Waals surface area contributed by atoms with Crippen LogP contribution in [0.2, 0.25) is 0 Å². The van der Waals surface area contributed by atoms with E-state index in [-0.39, 0.29) is 6.61 Å². The van der Waals surface area contributed by atoms with E-state index in [9.17, 15) is 0 Å². The van der Waals surface area contributed by atoms with Crippen LogP contribution in [0.4, 0.5) is 0 Å². The molecule has 0 aromatic rings. The number of aliphatic hydroxyl groups is 1. The number of aliphatic hydroxyl groups excluding tert-OH is 1. The minimum absolute atomic E-state index is 0.0432. The van der Waals surface area contributed by atoms with E-state index >= 15 is 0 Å². The van der Waals surface area contributed by atoms with Crippen molar-refractivity contribution in [3.8, 4) is 0 Å². The van der Waals surface area contributed by atoms with E-state index in [0.29, 0.717) is 46.2 Å². The minimum atomic E-state index is 0.0432. The summed E-state index contributed by atoms with van der Waals surface area (Å²) in [6.07, 6.45) is 0. The Morgan fingerprint density at radius 2 is 1.14 bits per heavy atom. The van der Waals surface area contributed by atoms with Crippen LogP contribution >= 0.6 is 11.9 Å². The summed E-state index contributed by atoms with van der Waals surface area (Å²) in [5.41, 5.74) is 0. The Bertz CT molecular complexity index is 91.7. The monoisotopic (exact) mass is 228 g/mol. The van der Waals surface area contributed by atoms with Crippen molar-refractivity contribution in [2.45, 2.75) is 0 Å². The van der Waals surface area contributed by atoms with Crippen LogP contribution in [-0.4, -0.2) is 58.0 Å². The highest BCUT2D eigenvalue weighted by molar-refractivity contribution is 6.07. The molecule has 0 radical (unpaired) electrons. The van der Waals surface area contributed by atoms with Crippen LogP contribution in [-0.2, 0) is 18.5 Å². The molecule has 0 aromatic heterocycles. The van der Waals surface area contributed by atoms with Crippen molar-refractivity contribution in [1.82, 2.24) is 0 Å². The van der Waals surface area contributed by atoms with Gasteiger partial charge in [-0.2, -0.15) is 0 Å². The van der Waals surface area contributed by atoms with Gasteiger partial charge < -0.3 is 19.3 Å². The third kappa shape index (κ3) is 12.1. The molecule has 0 saturated carbocycles. The van der Waals surface area contributed by atoms with Crippen molar-refractivity contribution >= 4 is 11.9 Å². The van der Waals surface area contributed by atoms with Crippen molar-refractivity contribution in [2.75, 3.05) is 52.9 Å². The normalized spacial score (nSPS) is 10.7. The number of ether oxygens (including phenoxy) is 3. The maximum absolute atomic E-state index is 8.38. The Balaban J connectivity index is 2.78. The van der Waals surface area contributed by atoms with Crippen molar-refractivity contribution in [2.24, 2.45) is 0 Å². The molecule has 6 heteroatoms. The van der Waals surface area contributed by atoms with E-state index < -0.39 is 0 Å². The lowest BCUT2D eigenvalue weighted by Gasteiger charge is -2.05. The first-order chi connectivity index (χ1) is 6.91. The van der Waals surface area contributed by atoms with E-state index in [1.807, 2.05) is 0 Å². The Morgan fingerprint density at radius 3 is 1.57 bits per heavy atom. The van der Waals surface area contributed by atoms with Gasteiger partial charge in [0.1, 0.15) is 0 Å². The zero-order valence-electron chi connectivity index (χ0n) is 8.12. The largest absolute Gasteiger partial charge is 0.394 e. The molecule has 0 spiro atoms. The molecule has 0 unspecified atom stereocenters. The third-order valence-electron chi connectivity index (χ3n) is 1.28. The molecule has 0 atom stereocenters. The first-order valence-corrected chi connectivity index (χ1v) is 4.80. The minimum Gasteiger partial charge on any atom is -0.394 e. The van der Waals surface area contributed by atoms with E-state index in [1.54, 1.807) is 0 Å². The van der Waals surface area contributed by atoms with Gasteiger partial charge in [-0.1, -0.05) is 0 Å². The lowest BCUT2D eigenvalue weighted by molar-refractivity contribution is 0.00399. The lowest BCUT2D eigenvalue weighted by atomic mass is 10.7. The lowest BCUT2D eigenvalue weighted by Crippen LogP contribution is -2.11. The second-order valence-electron chi connectivity index (χ2n) is 2.37. The molecule has 86 valence electrons. The average molecular weight is 229 g/mol. The highest BCUT2D eigenvalue weighted by Crippen LogP contribution is 1.83. The molecule has 0 aliphatic carbocycles. The van der Waals surface area contributed by atoms with Gasteiger partial charge in [0.15, 0.2) is 0 Å². The van der Waals surface area contributed by atoms with Crippen molar-refractivity contribution in [3.05, 3.63) is 0 Å². The van der Waals surface area contributed by atoms with Gasteiger partial charge in [0.2, 0.25) is 0 Å². The fraction of sp³-hybridized carbons (Fsp3) is 1.00. The summed E-state index contributed by atoms with van der Waals surface area (Å²) in [5.74, 6) is 0. The first kappa shape index (κ1) is 14.1. The van der Waals surface area contributed by atoms with Crippen LogP contribution in [0.5, 0.6) is 0 Å². The second-order valence-corrected chi connectivity index (χ2v) is 2.59. The van der Waals surface area contributed by atoms with Gasteiger partial charge in [-0.15, -0.1) is 0 Å². The van der Waals surface area contributed by atoms with Crippen molar-refractivity contribution < 1.29 is 23.6 Å². The van der Waals surface area contributed by atoms with Gasteiger partial charge in [0, 0.05) is 0 Å². The number of halogens is 1. The van der Waals surface area contributed by atoms with Crippen LogP contribution in [0.15, 0.2) is 0 Å². The summed E-state index contributed by atoms with van der Waals surface area (Å²) >= 11 is 4.96. The number of hydrogen-bond acceptors (Lipinski definition) is 5. The fourth-order valence-electron chi connectivity index (χ4n) is 0.697. The highest BCUT2D eigenvalue weighted by Gasteiger charge is 1.90. The van der Waals surface area contributed by atoms with Crippen molar-refractivity contribution in [1.29, 1.82) is 0 Å². The van der Waals surface area contributed by atoms with Gasteiger partial charge in [-0.3, -0.25) is 4.29 Å². The molecular formula is C8H17ClO5. The molecule has 0 fully saturated rings. The molecule has 5 nitrogen and oxygen atoms in total. The third-order valence-corrected chi connectivity index (χ3v) is 1.44. The quantitative estimate of drug-likeness (QED) is 0.512. The molecule has 14 heavy (non-hydrogen) atoms. The number of rotatable bonds is 11. The SMILES string of the molecule is OCCOCCOCCOCCOCl. The molecule has 0 aromatic carbocycles. The van der Waals surface area contributed by atoms with Crippen LogP contribution < -0.4 is 0 Å². The zero-order chi connectivity index (χ0) is 10.5. The average Bonchev–Trinajstić information content (AvgIpc) is 2.21. The topological polar surface area (TPSA) is 57.2 Å². The Labute approximate surface area is 89.0 Å². The number of hydrogen-bond donors (Lipinski definition) is 1. The van der Waals surface area contributed by atoms with Crippen LogP contribution in [0.1, 0.15) is 0 Å². The van der Waals surface area contributed by atoms with Gasteiger partial charge in [0.25, 0.3) is 0 Å². The van der Waals surface area contributed by atoms with E-state index in [0.717, 1.165) is 0 Å². The summed E-state index contributed by atoms with van der Waals surface area (Å²) in [7, 11) is 0. The zero-order valence-corrected chi connectivity index (χ0v) is 8.87. The summed E-state index contributed by atoms with van der Waals surface area (Å²) in [5, 5.41) is 8.38. The van der Waals surface area contributed by atoms with Crippen LogP contribution in [0.25, 0.3) is 0 Å². The fourth-order valence-corrected chi connectivity index (χ4v) is 0.760. The molecule has 0 saturated heterocycles. The summed E-state index contributed by atoms with van der Waals surface area (Å²) < 4.78 is 19.5. The second kappa shape index (κ2) is 13.1. The first-order valence-electron chi connectivity index (χ1n) is 4.49. The van der Waals surface area contributed by atoms with Crippen molar-refractivity contribution in [3.63, 3.8) is 0 Å². The molecule has 0 rings (SSSR count). The van der Waals surface area contributed by atoms with E-state index in [1.165, 1.54) is 0 Å². The molecule has 1 N–H and O–H groups in total. The molecule has 0 amide bonds. The standard InChI is InChI=1S/C8H17ClO5/c9-14-8-7-13-6-5-12-4-3-11-2-1-10/h10H,1-8H2. The van der Waals surface area contributed by atoms with E-state index in [4.69, 9.17) is 31.2 Å². The van der Waals surface area contributed by atoms with Crippen LogP contribution in [0.3, 0.4) is 0 Å². The maximum Gasteiger partial charge on any atom is 0.0916 e. The molecule has 0 aliphatic rings. The van der Waals surface area contributed by atoms with Crippen LogP contribution in [0, 0.1) is 0 Å². The van der Waals surface area contributed by atoms with Gasteiger partial charge in [-0.05, 0) is 0 Å².